The Morgan fingerprint density at radius 1 is 1.39 bits per heavy atom. The first-order chi connectivity index (χ1) is 8.72. The lowest BCUT2D eigenvalue weighted by atomic mass is 10.2. The van der Waals surface area contributed by atoms with Crippen molar-refractivity contribution >= 4 is 11.8 Å². The van der Waals surface area contributed by atoms with Gasteiger partial charge in [-0.1, -0.05) is 6.07 Å². The Kier molecular flexibility index (Phi) is 6.64. The largest absolute Gasteiger partial charge is 0.466 e. The lowest BCUT2D eigenvalue weighted by molar-refractivity contribution is -0.146. The van der Waals surface area contributed by atoms with Crippen molar-refractivity contribution in [2.75, 3.05) is 19.8 Å². The van der Waals surface area contributed by atoms with Crippen LogP contribution in [0.2, 0.25) is 0 Å². The van der Waals surface area contributed by atoms with Gasteiger partial charge in [0.15, 0.2) is 5.78 Å². The van der Waals surface area contributed by atoms with E-state index in [1.54, 1.807) is 19.3 Å². The molecule has 5 nitrogen and oxygen atoms in total. The van der Waals surface area contributed by atoms with Gasteiger partial charge >= 0.3 is 5.97 Å². The Balaban J connectivity index is 2.11. The van der Waals surface area contributed by atoms with Crippen LogP contribution in [0.15, 0.2) is 24.5 Å². The van der Waals surface area contributed by atoms with Crippen LogP contribution in [0.3, 0.4) is 0 Å². The zero-order valence-electron chi connectivity index (χ0n) is 10.4. The highest BCUT2D eigenvalue weighted by molar-refractivity contribution is 5.96. The molecule has 1 aromatic heterocycles. The van der Waals surface area contributed by atoms with E-state index in [4.69, 9.17) is 4.74 Å². The van der Waals surface area contributed by atoms with Gasteiger partial charge in [-0.15, -0.1) is 0 Å². The van der Waals surface area contributed by atoms with Crippen molar-refractivity contribution in [3.63, 3.8) is 0 Å². The molecular formula is C13H17NO4. The second-order valence-electron chi connectivity index (χ2n) is 3.68. The third-order valence-electron chi connectivity index (χ3n) is 2.17. The quantitative estimate of drug-likeness (QED) is 0.394. The van der Waals surface area contributed by atoms with E-state index in [2.05, 4.69) is 9.72 Å². The first-order valence-corrected chi connectivity index (χ1v) is 5.86. The molecule has 0 amide bonds. The van der Waals surface area contributed by atoms with E-state index < -0.39 is 5.97 Å². The van der Waals surface area contributed by atoms with E-state index in [1.165, 1.54) is 0 Å². The summed E-state index contributed by atoms with van der Waals surface area (Å²) in [4.78, 5) is 26.3. The monoisotopic (exact) mass is 251 g/mol. The molecule has 0 N–H and O–H groups in total. The van der Waals surface area contributed by atoms with Crippen molar-refractivity contribution in [1.82, 2.24) is 4.98 Å². The molecule has 0 spiro atoms. The topological polar surface area (TPSA) is 65.5 Å². The number of pyridine rings is 1. The SMILES string of the molecule is CCOC(=O)CC(=O)COCCc1cccnc1. The predicted molar refractivity (Wildman–Crippen MR) is 65.0 cm³/mol. The minimum atomic E-state index is -0.502. The minimum Gasteiger partial charge on any atom is -0.466 e. The molecule has 0 saturated carbocycles. The smallest absolute Gasteiger partial charge is 0.313 e. The van der Waals surface area contributed by atoms with Crippen molar-refractivity contribution < 1.29 is 19.1 Å². The van der Waals surface area contributed by atoms with Crippen LogP contribution in [0.4, 0.5) is 0 Å². The molecule has 0 saturated heterocycles. The molecule has 1 aromatic rings. The Hall–Kier alpha value is -1.75. The van der Waals surface area contributed by atoms with Gasteiger partial charge in [-0.25, -0.2) is 0 Å². The van der Waals surface area contributed by atoms with Crippen LogP contribution < -0.4 is 0 Å². The van der Waals surface area contributed by atoms with Crippen molar-refractivity contribution in [2.45, 2.75) is 19.8 Å². The van der Waals surface area contributed by atoms with E-state index in [0.717, 1.165) is 5.56 Å². The number of aromatic nitrogens is 1. The van der Waals surface area contributed by atoms with Crippen LogP contribution in [0, 0.1) is 0 Å². The molecule has 0 aromatic carbocycles. The Morgan fingerprint density at radius 3 is 2.89 bits per heavy atom. The summed E-state index contributed by atoms with van der Waals surface area (Å²) in [6.07, 6.45) is 3.93. The summed E-state index contributed by atoms with van der Waals surface area (Å²) in [7, 11) is 0. The number of ether oxygens (including phenoxy) is 2. The second-order valence-corrected chi connectivity index (χ2v) is 3.68. The van der Waals surface area contributed by atoms with Crippen LogP contribution in [0.1, 0.15) is 18.9 Å². The van der Waals surface area contributed by atoms with Crippen LogP contribution in [-0.2, 0) is 25.5 Å². The van der Waals surface area contributed by atoms with Crippen molar-refractivity contribution in [3.8, 4) is 0 Å². The van der Waals surface area contributed by atoms with Crippen molar-refractivity contribution in [1.29, 1.82) is 0 Å². The van der Waals surface area contributed by atoms with E-state index in [0.29, 0.717) is 13.0 Å². The van der Waals surface area contributed by atoms with Gasteiger partial charge in [-0.3, -0.25) is 14.6 Å². The van der Waals surface area contributed by atoms with Gasteiger partial charge in [0.25, 0.3) is 0 Å². The molecular weight excluding hydrogens is 234 g/mol. The standard InChI is InChI=1S/C13H17NO4/c1-2-18-13(16)8-12(15)10-17-7-5-11-4-3-6-14-9-11/h3-4,6,9H,2,5,7-8,10H2,1H3. The number of nitrogens with zero attached hydrogens (tertiary/aromatic N) is 1. The Morgan fingerprint density at radius 2 is 2.22 bits per heavy atom. The molecule has 98 valence electrons. The van der Waals surface area contributed by atoms with Gasteiger partial charge in [-0.05, 0) is 25.0 Å². The molecule has 0 aliphatic rings. The molecule has 0 unspecified atom stereocenters. The number of hydrogen-bond acceptors (Lipinski definition) is 5. The third kappa shape index (κ3) is 6.10. The molecule has 5 heteroatoms. The normalized spacial score (nSPS) is 10.1. The first-order valence-electron chi connectivity index (χ1n) is 5.86. The van der Waals surface area contributed by atoms with E-state index in [1.807, 2.05) is 12.1 Å². The summed E-state index contributed by atoms with van der Waals surface area (Å²) in [6, 6.07) is 3.79. The summed E-state index contributed by atoms with van der Waals surface area (Å²) in [5, 5.41) is 0. The van der Waals surface area contributed by atoms with Crippen molar-refractivity contribution in [2.24, 2.45) is 0 Å². The first kappa shape index (κ1) is 14.3. The number of rotatable bonds is 8. The molecule has 1 heterocycles. The van der Waals surface area contributed by atoms with Crippen molar-refractivity contribution in [3.05, 3.63) is 30.1 Å². The molecule has 1 rings (SSSR count). The molecule has 0 fully saturated rings. The number of Topliss-reactive ketones (excluding diaryl/α,β-unsaturated/α-hetero) is 1. The molecule has 0 atom stereocenters. The number of carbonyl (C=O) groups is 2. The zero-order valence-corrected chi connectivity index (χ0v) is 10.4. The second kappa shape index (κ2) is 8.36. The molecule has 18 heavy (non-hydrogen) atoms. The Bertz CT molecular complexity index is 378. The van der Waals surface area contributed by atoms with Crippen LogP contribution in [0.25, 0.3) is 0 Å². The lowest BCUT2D eigenvalue weighted by Crippen LogP contribution is -2.16. The van der Waals surface area contributed by atoms with Gasteiger partial charge in [0, 0.05) is 12.4 Å². The van der Waals surface area contributed by atoms with Gasteiger partial charge < -0.3 is 9.47 Å². The fourth-order valence-corrected chi connectivity index (χ4v) is 1.35. The van der Waals surface area contributed by atoms with Gasteiger partial charge in [-0.2, -0.15) is 0 Å². The number of hydrogen-bond donors (Lipinski definition) is 0. The predicted octanol–water partition coefficient (Wildman–Crippen LogP) is 1.16. The maximum atomic E-state index is 11.3. The average molecular weight is 251 g/mol. The van der Waals surface area contributed by atoms with Gasteiger partial charge in [0.2, 0.25) is 0 Å². The molecule has 0 aliphatic carbocycles. The van der Waals surface area contributed by atoms with E-state index in [9.17, 15) is 9.59 Å². The maximum Gasteiger partial charge on any atom is 0.313 e. The summed E-state index contributed by atoms with van der Waals surface area (Å²) >= 11 is 0. The summed E-state index contributed by atoms with van der Waals surface area (Å²) in [5.41, 5.74) is 1.05. The maximum absolute atomic E-state index is 11.3. The summed E-state index contributed by atoms with van der Waals surface area (Å²) in [5.74, 6) is -0.766. The van der Waals surface area contributed by atoms with Crippen LogP contribution in [0.5, 0.6) is 0 Å². The highest BCUT2D eigenvalue weighted by Crippen LogP contribution is 1.97. The minimum absolute atomic E-state index is 0.0565. The highest BCUT2D eigenvalue weighted by Gasteiger charge is 2.09. The molecule has 0 radical (unpaired) electrons. The average Bonchev–Trinajstić information content (AvgIpc) is 2.36. The van der Waals surface area contributed by atoms with Gasteiger partial charge in [0.05, 0.1) is 13.2 Å². The van der Waals surface area contributed by atoms with Gasteiger partial charge in [0.1, 0.15) is 13.0 Å². The summed E-state index contributed by atoms with van der Waals surface area (Å²) in [6.45, 7) is 2.36. The summed E-state index contributed by atoms with van der Waals surface area (Å²) < 4.78 is 9.86. The van der Waals surface area contributed by atoms with E-state index in [-0.39, 0.29) is 25.4 Å². The fraction of sp³-hybridized carbons (Fsp3) is 0.462. The van der Waals surface area contributed by atoms with Crippen LogP contribution >= 0.6 is 0 Å². The zero-order chi connectivity index (χ0) is 13.2. The molecule has 0 aliphatic heterocycles. The fourth-order valence-electron chi connectivity index (χ4n) is 1.35. The third-order valence-corrected chi connectivity index (χ3v) is 2.17. The lowest BCUT2D eigenvalue weighted by Gasteiger charge is -2.04. The number of esters is 1. The molecule has 0 bridgehead atoms. The number of ketones is 1. The van der Waals surface area contributed by atoms with E-state index >= 15 is 0 Å². The number of carbonyl (C=O) groups excluding carboxylic acids is 2. The van der Waals surface area contributed by atoms with Crippen LogP contribution in [-0.4, -0.2) is 36.6 Å². The highest BCUT2D eigenvalue weighted by atomic mass is 16.5. The Labute approximate surface area is 106 Å².